The molecule has 0 unspecified atom stereocenters. The van der Waals surface area contributed by atoms with Gasteiger partial charge in [-0.2, -0.15) is 0 Å². The monoisotopic (exact) mass is 336 g/mol. The first-order valence-electron chi connectivity index (χ1n) is 5.77. The van der Waals surface area contributed by atoms with E-state index in [1.807, 2.05) is 12.1 Å². The predicted molar refractivity (Wildman–Crippen MR) is 67.4 cm³/mol. The maximum atomic E-state index is 10.9. The summed E-state index contributed by atoms with van der Waals surface area (Å²) in [6.45, 7) is -0.0253. The van der Waals surface area contributed by atoms with E-state index in [0.29, 0.717) is 11.7 Å². The van der Waals surface area contributed by atoms with Crippen LogP contribution in [0.3, 0.4) is 0 Å². The summed E-state index contributed by atoms with van der Waals surface area (Å²) in [5, 5.41) is 10.9. The van der Waals surface area contributed by atoms with Gasteiger partial charge in [-0.15, -0.1) is 0 Å². The summed E-state index contributed by atoms with van der Waals surface area (Å²) >= 11 is 3.41. The van der Waals surface area contributed by atoms with Gasteiger partial charge in [0, 0.05) is 11.6 Å². The normalized spacial score (nSPS) is 15.5. The van der Waals surface area contributed by atoms with Gasteiger partial charge in [-0.05, 0) is 42.5 Å². The van der Waals surface area contributed by atoms with E-state index in [2.05, 4.69) is 15.9 Å². The number of hydrogen-bond acceptors (Lipinski definition) is 4. The van der Waals surface area contributed by atoms with Crippen molar-refractivity contribution in [3.63, 3.8) is 0 Å². The SMILES string of the molecule is COC[C@H](Oc1ccc(Br)cc1C1CC1)C(=O)[O-].[Na+]. The van der Waals surface area contributed by atoms with Crippen molar-refractivity contribution in [2.75, 3.05) is 13.7 Å². The molecule has 1 atom stereocenters. The van der Waals surface area contributed by atoms with Gasteiger partial charge in [-0.3, -0.25) is 0 Å². The number of carbonyl (C=O) groups is 1. The molecular weight excluding hydrogens is 323 g/mol. The topological polar surface area (TPSA) is 58.6 Å². The maximum absolute atomic E-state index is 10.9. The Morgan fingerprint density at radius 3 is 2.74 bits per heavy atom. The molecule has 1 fully saturated rings. The minimum Gasteiger partial charge on any atom is -0.546 e. The molecule has 4 nitrogen and oxygen atoms in total. The molecule has 2 rings (SSSR count). The van der Waals surface area contributed by atoms with E-state index in [9.17, 15) is 9.90 Å². The largest absolute Gasteiger partial charge is 1.00 e. The molecule has 6 heteroatoms. The van der Waals surface area contributed by atoms with Crippen LogP contribution >= 0.6 is 15.9 Å². The summed E-state index contributed by atoms with van der Waals surface area (Å²) < 4.78 is 11.3. The van der Waals surface area contributed by atoms with Gasteiger partial charge >= 0.3 is 29.6 Å². The Balaban J connectivity index is 0.00000180. The Morgan fingerprint density at radius 2 is 2.21 bits per heavy atom. The molecule has 0 N–H and O–H groups in total. The minimum atomic E-state index is -1.26. The Morgan fingerprint density at radius 1 is 1.53 bits per heavy atom. The molecular formula is C13H14BrNaO4. The maximum Gasteiger partial charge on any atom is 1.00 e. The third-order valence-corrected chi connectivity index (χ3v) is 3.33. The first kappa shape index (κ1) is 17.0. The van der Waals surface area contributed by atoms with Gasteiger partial charge in [0.2, 0.25) is 0 Å². The number of halogens is 1. The molecule has 98 valence electrons. The van der Waals surface area contributed by atoms with Gasteiger partial charge in [0.1, 0.15) is 5.75 Å². The van der Waals surface area contributed by atoms with Crippen LogP contribution in [-0.2, 0) is 9.53 Å². The summed E-state index contributed by atoms with van der Waals surface area (Å²) in [4.78, 5) is 10.9. The Labute approximate surface area is 142 Å². The molecule has 1 aromatic rings. The molecule has 1 aliphatic carbocycles. The molecule has 0 radical (unpaired) electrons. The van der Waals surface area contributed by atoms with Crippen LogP contribution in [0.25, 0.3) is 0 Å². The number of rotatable bonds is 6. The Kier molecular flexibility index (Phi) is 6.83. The number of carboxylic acid groups (broad SMARTS) is 1. The average Bonchev–Trinajstić information content (AvgIpc) is 3.14. The Bertz CT molecular complexity index is 448. The van der Waals surface area contributed by atoms with E-state index in [-0.39, 0.29) is 36.2 Å². The average molecular weight is 337 g/mol. The zero-order valence-corrected chi connectivity index (χ0v) is 14.6. The summed E-state index contributed by atoms with van der Waals surface area (Å²) in [7, 11) is 1.43. The molecule has 0 spiro atoms. The van der Waals surface area contributed by atoms with Crippen LogP contribution in [0.2, 0.25) is 0 Å². The van der Waals surface area contributed by atoms with Crippen molar-refractivity contribution in [3.05, 3.63) is 28.2 Å². The van der Waals surface area contributed by atoms with Crippen LogP contribution in [-0.4, -0.2) is 25.8 Å². The molecule has 0 saturated heterocycles. The van der Waals surface area contributed by atoms with Crippen LogP contribution in [0.4, 0.5) is 0 Å². The molecule has 0 aromatic heterocycles. The van der Waals surface area contributed by atoms with Crippen molar-refractivity contribution in [1.29, 1.82) is 0 Å². The molecule has 19 heavy (non-hydrogen) atoms. The third-order valence-electron chi connectivity index (χ3n) is 2.84. The quantitative estimate of drug-likeness (QED) is 0.592. The molecule has 1 aliphatic rings. The zero-order chi connectivity index (χ0) is 13.1. The van der Waals surface area contributed by atoms with Crippen LogP contribution < -0.4 is 39.4 Å². The van der Waals surface area contributed by atoms with Gasteiger partial charge in [0.05, 0.1) is 12.6 Å². The van der Waals surface area contributed by atoms with Gasteiger partial charge in [-0.1, -0.05) is 15.9 Å². The molecule has 0 aliphatic heterocycles. The van der Waals surface area contributed by atoms with E-state index >= 15 is 0 Å². The van der Waals surface area contributed by atoms with Crippen molar-refractivity contribution >= 4 is 21.9 Å². The first-order valence-corrected chi connectivity index (χ1v) is 6.57. The molecule has 1 aromatic carbocycles. The number of ether oxygens (including phenoxy) is 2. The fourth-order valence-electron chi connectivity index (χ4n) is 1.79. The van der Waals surface area contributed by atoms with Crippen LogP contribution in [0.1, 0.15) is 24.3 Å². The van der Waals surface area contributed by atoms with Crippen LogP contribution in [0, 0.1) is 0 Å². The van der Waals surface area contributed by atoms with Crippen molar-refractivity contribution in [2.24, 2.45) is 0 Å². The van der Waals surface area contributed by atoms with E-state index in [0.717, 1.165) is 22.9 Å². The molecule has 0 heterocycles. The fraction of sp³-hybridized carbons (Fsp3) is 0.462. The molecule has 1 saturated carbocycles. The van der Waals surface area contributed by atoms with E-state index in [1.165, 1.54) is 7.11 Å². The summed E-state index contributed by atoms with van der Waals surface area (Å²) in [5.74, 6) is -0.184. The van der Waals surface area contributed by atoms with Crippen LogP contribution in [0.15, 0.2) is 22.7 Å². The Hall–Kier alpha value is -0.0700. The second-order valence-corrected chi connectivity index (χ2v) is 5.25. The number of benzene rings is 1. The first-order chi connectivity index (χ1) is 8.61. The molecule has 0 amide bonds. The van der Waals surface area contributed by atoms with Gasteiger partial charge < -0.3 is 19.4 Å². The van der Waals surface area contributed by atoms with Gasteiger partial charge in [0.15, 0.2) is 6.10 Å². The smallest absolute Gasteiger partial charge is 0.546 e. The van der Waals surface area contributed by atoms with Crippen molar-refractivity contribution in [2.45, 2.75) is 24.9 Å². The van der Waals surface area contributed by atoms with Crippen molar-refractivity contribution < 1.29 is 48.9 Å². The van der Waals surface area contributed by atoms with E-state index < -0.39 is 12.1 Å². The number of aliphatic carboxylic acids is 1. The fourth-order valence-corrected chi connectivity index (χ4v) is 2.17. The van der Waals surface area contributed by atoms with Crippen molar-refractivity contribution in [3.8, 4) is 5.75 Å². The second kappa shape index (κ2) is 7.64. The van der Waals surface area contributed by atoms with Crippen molar-refractivity contribution in [1.82, 2.24) is 0 Å². The number of methoxy groups -OCH3 is 1. The van der Waals surface area contributed by atoms with Gasteiger partial charge in [-0.25, -0.2) is 0 Å². The van der Waals surface area contributed by atoms with Crippen LogP contribution in [0.5, 0.6) is 5.75 Å². The predicted octanol–water partition coefficient (Wildman–Crippen LogP) is -1.53. The third kappa shape index (κ3) is 4.76. The number of carbonyl (C=O) groups excluding carboxylic acids is 1. The summed E-state index contributed by atoms with van der Waals surface area (Å²) in [6.07, 6.45) is 1.16. The molecule has 0 bridgehead atoms. The van der Waals surface area contributed by atoms with Gasteiger partial charge in [0.25, 0.3) is 0 Å². The summed E-state index contributed by atoms with van der Waals surface area (Å²) in [6, 6.07) is 5.59. The second-order valence-electron chi connectivity index (χ2n) is 4.34. The zero-order valence-electron chi connectivity index (χ0n) is 11.0. The number of hydrogen-bond donors (Lipinski definition) is 0. The standard InChI is InChI=1S/C13H15BrO4.Na/c1-17-7-12(13(15)16)18-11-5-4-9(14)6-10(11)8-2-3-8;/h4-6,8,12H,2-3,7H2,1H3,(H,15,16);/q;+1/p-1/t12-;/m0./s1. The van der Waals surface area contributed by atoms with E-state index in [1.54, 1.807) is 6.07 Å². The minimum absolute atomic E-state index is 0. The summed E-state index contributed by atoms with van der Waals surface area (Å²) in [5.41, 5.74) is 1.05. The number of carboxylic acids is 1. The van der Waals surface area contributed by atoms with E-state index in [4.69, 9.17) is 9.47 Å².